The summed E-state index contributed by atoms with van der Waals surface area (Å²) in [5.41, 5.74) is 1.53. The van der Waals surface area contributed by atoms with Crippen LogP contribution in [0.3, 0.4) is 0 Å². The fraction of sp³-hybridized carbons (Fsp3) is 0.118. The number of hydrogen-bond acceptors (Lipinski definition) is 4. The number of phenols is 2. The Balaban J connectivity index is 2.07. The second-order valence-electron chi connectivity index (χ2n) is 4.81. The molecule has 0 bridgehead atoms. The maximum Gasteiger partial charge on any atom is 0.161 e. The first-order chi connectivity index (χ1) is 10.2. The summed E-state index contributed by atoms with van der Waals surface area (Å²) in [7, 11) is 1.48. The van der Waals surface area contributed by atoms with Crippen molar-refractivity contribution >= 4 is 10.8 Å². The molecule has 4 nitrogen and oxygen atoms in total. The molecule has 1 heterocycles. The van der Waals surface area contributed by atoms with Crippen LogP contribution in [-0.2, 0) is 6.42 Å². The summed E-state index contributed by atoms with van der Waals surface area (Å²) in [6.45, 7) is 0. The number of methoxy groups -OCH3 is 1. The average molecular weight is 281 g/mol. The Morgan fingerprint density at radius 2 is 1.86 bits per heavy atom. The number of aromatic nitrogens is 1. The highest BCUT2D eigenvalue weighted by Gasteiger charge is 2.11. The van der Waals surface area contributed by atoms with Gasteiger partial charge in [-0.05, 0) is 17.5 Å². The summed E-state index contributed by atoms with van der Waals surface area (Å²) in [4.78, 5) is 4.41. The van der Waals surface area contributed by atoms with Crippen molar-refractivity contribution in [3.8, 4) is 17.2 Å². The second-order valence-corrected chi connectivity index (χ2v) is 4.81. The third-order valence-corrected chi connectivity index (χ3v) is 3.49. The lowest BCUT2D eigenvalue weighted by Gasteiger charge is -2.10. The Labute approximate surface area is 122 Å². The van der Waals surface area contributed by atoms with E-state index in [9.17, 15) is 10.2 Å². The van der Waals surface area contributed by atoms with Crippen LogP contribution in [0, 0.1) is 0 Å². The quantitative estimate of drug-likeness (QED) is 0.773. The Morgan fingerprint density at radius 3 is 2.67 bits per heavy atom. The van der Waals surface area contributed by atoms with Crippen molar-refractivity contribution in [1.29, 1.82) is 0 Å². The molecule has 0 atom stereocenters. The van der Waals surface area contributed by atoms with Gasteiger partial charge in [-0.3, -0.25) is 4.98 Å². The van der Waals surface area contributed by atoms with E-state index in [-0.39, 0.29) is 11.5 Å². The molecule has 0 aliphatic carbocycles. The van der Waals surface area contributed by atoms with Crippen LogP contribution < -0.4 is 4.74 Å². The first kappa shape index (κ1) is 13.2. The molecule has 2 N–H and O–H groups in total. The Kier molecular flexibility index (Phi) is 3.36. The van der Waals surface area contributed by atoms with E-state index in [1.54, 1.807) is 12.3 Å². The fourth-order valence-electron chi connectivity index (χ4n) is 2.41. The predicted octanol–water partition coefficient (Wildman–Crippen LogP) is 3.25. The molecule has 0 fully saturated rings. The van der Waals surface area contributed by atoms with E-state index < -0.39 is 0 Å². The second kappa shape index (κ2) is 5.32. The van der Waals surface area contributed by atoms with Gasteiger partial charge < -0.3 is 14.9 Å². The van der Waals surface area contributed by atoms with Gasteiger partial charge in [-0.15, -0.1) is 0 Å². The topological polar surface area (TPSA) is 62.6 Å². The molecule has 4 heteroatoms. The number of phenolic OH excluding ortho intramolecular Hbond substituents is 2. The molecule has 0 aliphatic heterocycles. The van der Waals surface area contributed by atoms with Crippen molar-refractivity contribution in [2.75, 3.05) is 7.11 Å². The van der Waals surface area contributed by atoms with E-state index in [4.69, 9.17) is 4.74 Å². The molecule has 0 saturated carbocycles. The molecule has 0 spiro atoms. The lowest BCUT2D eigenvalue weighted by atomic mass is 10.0. The van der Waals surface area contributed by atoms with E-state index in [0.717, 1.165) is 16.5 Å². The average Bonchev–Trinajstić information content (AvgIpc) is 2.50. The van der Waals surface area contributed by atoms with Crippen LogP contribution in [0.5, 0.6) is 17.2 Å². The number of hydrogen-bond donors (Lipinski definition) is 2. The predicted molar refractivity (Wildman–Crippen MR) is 80.9 cm³/mol. The molecular formula is C17H15NO3. The van der Waals surface area contributed by atoms with Gasteiger partial charge in [0.2, 0.25) is 0 Å². The van der Waals surface area contributed by atoms with E-state index in [0.29, 0.717) is 17.7 Å². The highest BCUT2D eigenvalue weighted by Crippen LogP contribution is 2.34. The first-order valence-electron chi connectivity index (χ1n) is 6.60. The highest BCUT2D eigenvalue weighted by molar-refractivity contribution is 5.84. The van der Waals surface area contributed by atoms with Crippen LogP contribution in [-0.4, -0.2) is 22.3 Å². The van der Waals surface area contributed by atoms with Gasteiger partial charge in [-0.25, -0.2) is 0 Å². The first-order valence-corrected chi connectivity index (χ1v) is 6.60. The summed E-state index contributed by atoms with van der Waals surface area (Å²) in [5, 5.41) is 21.8. The lowest BCUT2D eigenvalue weighted by Crippen LogP contribution is -1.95. The molecular weight excluding hydrogens is 266 g/mol. The Hall–Kier alpha value is -2.75. The van der Waals surface area contributed by atoms with Gasteiger partial charge in [-0.2, -0.15) is 0 Å². The number of benzene rings is 2. The van der Waals surface area contributed by atoms with Gasteiger partial charge in [0.25, 0.3) is 0 Å². The molecule has 2 aromatic carbocycles. The van der Waals surface area contributed by atoms with Gasteiger partial charge in [-0.1, -0.05) is 24.3 Å². The van der Waals surface area contributed by atoms with Gasteiger partial charge in [0, 0.05) is 29.6 Å². The Morgan fingerprint density at radius 1 is 1.05 bits per heavy atom. The summed E-state index contributed by atoms with van der Waals surface area (Å²) < 4.78 is 5.08. The van der Waals surface area contributed by atoms with Crippen molar-refractivity contribution in [2.45, 2.75) is 6.42 Å². The van der Waals surface area contributed by atoms with Crippen molar-refractivity contribution < 1.29 is 14.9 Å². The molecule has 3 aromatic rings. The van der Waals surface area contributed by atoms with E-state index in [1.165, 1.54) is 13.2 Å². The minimum atomic E-state index is -0.0790. The largest absolute Gasteiger partial charge is 0.508 e. The summed E-state index contributed by atoms with van der Waals surface area (Å²) in [5.74, 6) is 0.288. The standard InChI is InChI=1S/C17H15NO3/c1-21-17-9-12(15(19)10-16(17)20)8-14-13-5-3-2-4-11(13)6-7-18-14/h2-7,9-10,19-20H,8H2,1H3. The molecule has 0 radical (unpaired) electrons. The zero-order chi connectivity index (χ0) is 14.8. The molecule has 21 heavy (non-hydrogen) atoms. The molecule has 0 amide bonds. The molecule has 1 aromatic heterocycles. The summed E-state index contributed by atoms with van der Waals surface area (Å²) in [6.07, 6.45) is 2.22. The fourth-order valence-corrected chi connectivity index (χ4v) is 2.41. The maximum atomic E-state index is 10.0. The minimum absolute atomic E-state index is 0.0306. The van der Waals surface area contributed by atoms with E-state index in [2.05, 4.69) is 4.98 Å². The third-order valence-electron chi connectivity index (χ3n) is 3.49. The van der Waals surface area contributed by atoms with Crippen LogP contribution in [0.4, 0.5) is 0 Å². The monoisotopic (exact) mass is 281 g/mol. The van der Waals surface area contributed by atoms with E-state index in [1.807, 2.05) is 30.3 Å². The summed E-state index contributed by atoms with van der Waals surface area (Å²) >= 11 is 0. The molecule has 106 valence electrons. The van der Waals surface area contributed by atoms with Crippen molar-refractivity contribution in [3.05, 3.63) is 59.9 Å². The number of ether oxygens (including phenoxy) is 1. The van der Waals surface area contributed by atoms with Crippen LogP contribution in [0.25, 0.3) is 10.8 Å². The van der Waals surface area contributed by atoms with Crippen LogP contribution in [0.1, 0.15) is 11.3 Å². The minimum Gasteiger partial charge on any atom is -0.508 e. The van der Waals surface area contributed by atoms with Crippen molar-refractivity contribution in [2.24, 2.45) is 0 Å². The van der Waals surface area contributed by atoms with Gasteiger partial charge >= 0.3 is 0 Å². The van der Waals surface area contributed by atoms with E-state index >= 15 is 0 Å². The van der Waals surface area contributed by atoms with Crippen LogP contribution in [0.15, 0.2) is 48.7 Å². The number of pyridine rings is 1. The van der Waals surface area contributed by atoms with Gasteiger partial charge in [0.1, 0.15) is 5.75 Å². The summed E-state index contributed by atoms with van der Waals surface area (Å²) in [6, 6.07) is 12.9. The van der Waals surface area contributed by atoms with Crippen LogP contribution in [0.2, 0.25) is 0 Å². The number of nitrogens with zero attached hydrogens (tertiary/aromatic N) is 1. The van der Waals surface area contributed by atoms with Crippen molar-refractivity contribution in [1.82, 2.24) is 4.98 Å². The lowest BCUT2D eigenvalue weighted by molar-refractivity contribution is 0.368. The molecule has 0 saturated heterocycles. The van der Waals surface area contributed by atoms with Gasteiger partial charge in [0.15, 0.2) is 11.5 Å². The number of rotatable bonds is 3. The van der Waals surface area contributed by atoms with Crippen LogP contribution >= 0.6 is 0 Å². The molecule has 3 rings (SSSR count). The highest BCUT2D eigenvalue weighted by atomic mass is 16.5. The number of aromatic hydroxyl groups is 2. The maximum absolute atomic E-state index is 10.0. The van der Waals surface area contributed by atoms with Gasteiger partial charge in [0.05, 0.1) is 12.8 Å². The normalized spacial score (nSPS) is 10.7. The van der Waals surface area contributed by atoms with Crippen molar-refractivity contribution in [3.63, 3.8) is 0 Å². The molecule has 0 aliphatic rings. The molecule has 0 unspecified atom stereocenters. The Bertz CT molecular complexity index is 794. The third kappa shape index (κ3) is 2.48. The SMILES string of the molecule is COc1cc(Cc2nccc3ccccc23)c(O)cc1O. The number of fused-ring (bicyclic) bond motifs is 1. The smallest absolute Gasteiger partial charge is 0.161 e. The zero-order valence-corrected chi connectivity index (χ0v) is 11.6. The zero-order valence-electron chi connectivity index (χ0n) is 11.6.